The maximum absolute atomic E-state index is 11.0. The molecule has 1 aromatic heterocycles. The summed E-state index contributed by atoms with van der Waals surface area (Å²) in [5.41, 5.74) is 7.79. The molecule has 1 fully saturated rings. The predicted molar refractivity (Wildman–Crippen MR) is 53.8 cm³/mol. The average molecular weight is 191 g/mol. The second-order valence-electron chi connectivity index (χ2n) is 3.67. The lowest BCUT2D eigenvalue weighted by atomic mass is 9.96. The Bertz CT molecular complexity index is 376. The van der Waals surface area contributed by atoms with Crippen molar-refractivity contribution in [1.29, 1.82) is 0 Å². The minimum atomic E-state index is 0.117. The number of amides is 1. The van der Waals surface area contributed by atoms with Gasteiger partial charge in [-0.1, -0.05) is 0 Å². The van der Waals surface area contributed by atoms with Crippen molar-refractivity contribution in [2.75, 3.05) is 12.3 Å². The fourth-order valence-electron chi connectivity index (χ4n) is 1.84. The molecule has 0 radical (unpaired) electrons. The number of rotatable bonds is 1. The van der Waals surface area contributed by atoms with Crippen LogP contribution in [0.1, 0.15) is 23.5 Å². The molecule has 4 nitrogen and oxygen atoms in total. The number of aromatic nitrogens is 1. The van der Waals surface area contributed by atoms with E-state index in [0.717, 1.165) is 11.1 Å². The summed E-state index contributed by atoms with van der Waals surface area (Å²) in [5, 5.41) is 2.81. The Morgan fingerprint density at radius 2 is 2.43 bits per heavy atom. The van der Waals surface area contributed by atoms with E-state index in [-0.39, 0.29) is 11.8 Å². The number of carbonyl (C=O) groups excluding carboxylic acids is 1. The van der Waals surface area contributed by atoms with E-state index < -0.39 is 0 Å². The van der Waals surface area contributed by atoms with Gasteiger partial charge in [0.05, 0.1) is 0 Å². The Kier molecular flexibility index (Phi) is 2.11. The third-order valence-electron chi connectivity index (χ3n) is 2.59. The first kappa shape index (κ1) is 8.99. The molecule has 4 heteroatoms. The number of nitrogen functional groups attached to an aromatic ring is 1. The van der Waals surface area contributed by atoms with Crippen LogP contribution in [0.4, 0.5) is 5.82 Å². The third kappa shape index (κ3) is 1.55. The maximum Gasteiger partial charge on any atom is 0.220 e. The van der Waals surface area contributed by atoms with Gasteiger partial charge in [0.15, 0.2) is 0 Å². The molecule has 1 aliphatic heterocycles. The topological polar surface area (TPSA) is 68.0 Å². The normalized spacial score (nSPS) is 20.9. The van der Waals surface area contributed by atoms with E-state index in [1.54, 1.807) is 6.20 Å². The Morgan fingerprint density at radius 1 is 1.64 bits per heavy atom. The fraction of sp³-hybridized carbons (Fsp3) is 0.400. The van der Waals surface area contributed by atoms with E-state index in [4.69, 9.17) is 5.73 Å². The number of aryl methyl sites for hydroxylation is 1. The van der Waals surface area contributed by atoms with E-state index in [0.29, 0.717) is 18.8 Å². The highest BCUT2D eigenvalue weighted by Gasteiger charge is 2.24. The van der Waals surface area contributed by atoms with Gasteiger partial charge in [-0.15, -0.1) is 0 Å². The summed E-state index contributed by atoms with van der Waals surface area (Å²) in [6, 6.07) is 1.85. The average Bonchev–Trinajstić information content (AvgIpc) is 2.51. The predicted octanol–water partition coefficient (Wildman–Crippen LogP) is 0.576. The van der Waals surface area contributed by atoms with Gasteiger partial charge >= 0.3 is 0 Å². The molecule has 2 rings (SSSR count). The zero-order valence-corrected chi connectivity index (χ0v) is 8.08. The molecule has 0 aliphatic carbocycles. The second kappa shape index (κ2) is 3.29. The molecule has 1 saturated heterocycles. The molecule has 0 bridgehead atoms. The molecular weight excluding hydrogens is 178 g/mol. The van der Waals surface area contributed by atoms with Gasteiger partial charge in [-0.2, -0.15) is 0 Å². The van der Waals surface area contributed by atoms with Gasteiger partial charge in [0.1, 0.15) is 5.82 Å². The van der Waals surface area contributed by atoms with Gasteiger partial charge in [0.25, 0.3) is 0 Å². The molecule has 0 spiro atoms. The number of hydrogen-bond donors (Lipinski definition) is 2. The summed E-state index contributed by atoms with van der Waals surface area (Å²) in [5.74, 6) is 0.908. The van der Waals surface area contributed by atoms with Crippen LogP contribution in [-0.4, -0.2) is 17.4 Å². The molecule has 1 unspecified atom stereocenters. The van der Waals surface area contributed by atoms with Crippen LogP contribution in [0.25, 0.3) is 0 Å². The van der Waals surface area contributed by atoms with Crippen LogP contribution >= 0.6 is 0 Å². The Labute approximate surface area is 82.5 Å². The summed E-state index contributed by atoms with van der Waals surface area (Å²) < 4.78 is 0. The number of nitrogens with zero attached hydrogens (tertiary/aromatic N) is 1. The van der Waals surface area contributed by atoms with Gasteiger partial charge in [-0.25, -0.2) is 4.98 Å². The van der Waals surface area contributed by atoms with Crippen molar-refractivity contribution >= 4 is 11.7 Å². The monoisotopic (exact) mass is 191 g/mol. The van der Waals surface area contributed by atoms with Crippen molar-refractivity contribution in [3.05, 3.63) is 23.4 Å². The summed E-state index contributed by atoms with van der Waals surface area (Å²) in [7, 11) is 0. The second-order valence-corrected chi connectivity index (χ2v) is 3.67. The highest BCUT2D eigenvalue weighted by molar-refractivity contribution is 5.79. The van der Waals surface area contributed by atoms with Gasteiger partial charge in [-0.3, -0.25) is 4.79 Å². The number of carbonyl (C=O) groups is 1. The number of hydrogen-bond acceptors (Lipinski definition) is 3. The fourth-order valence-corrected chi connectivity index (χ4v) is 1.84. The van der Waals surface area contributed by atoms with Gasteiger partial charge in [0, 0.05) is 25.1 Å². The SMILES string of the molecule is Cc1cc(N)ncc1C1CNC(=O)C1. The zero-order chi connectivity index (χ0) is 10.1. The van der Waals surface area contributed by atoms with E-state index in [9.17, 15) is 4.79 Å². The Balaban J connectivity index is 2.28. The Morgan fingerprint density at radius 3 is 3.00 bits per heavy atom. The lowest BCUT2D eigenvalue weighted by molar-refractivity contribution is -0.119. The lowest BCUT2D eigenvalue weighted by Gasteiger charge is -2.10. The smallest absolute Gasteiger partial charge is 0.220 e. The minimum absolute atomic E-state index is 0.117. The Hall–Kier alpha value is -1.58. The highest BCUT2D eigenvalue weighted by Crippen LogP contribution is 2.25. The molecule has 0 aromatic carbocycles. The standard InChI is InChI=1S/C10H13N3O/c1-6-2-9(11)12-5-8(6)7-3-10(14)13-4-7/h2,5,7H,3-4H2,1H3,(H2,11,12)(H,13,14). The summed E-state index contributed by atoms with van der Waals surface area (Å²) in [6.45, 7) is 2.71. The van der Waals surface area contributed by atoms with Crippen LogP contribution in [0.15, 0.2) is 12.3 Å². The van der Waals surface area contributed by atoms with Crippen molar-refractivity contribution in [3.63, 3.8) is 0 Å². The largest absolute Gasteiger partial charge is 0.384 e. The van der Waals surface area contributed by atoms with Crippen molar-refractivity contribution in [1.82, 2.24) is 10.3 Å². The summed E-state index contributed by atoms with van der Waals surface area (Å²) in [6.07, 6.45) is 2.34. The molecule has 1 aliphatic rings. The van der Waals surface area contributed by atoms with Crippen molar-refractivity contribution in [2.45, 2.75) is 19.3 Å². The molecule has 1 aromatic rings. The first-order valence-electron chi connectivity index (χ1n) is 4.65. The number of anilines is 1. The van der Waals surface area contributed by atoms with E-state index in [1.165, 1.54) is 0 Å². The van der Waals surface area contributed by atoms with Crippen LogP contribution in [0.5, 0.6) is 0 Å². The van der Waals surface area contributed by atoms with E-state index >= 15 is 0 Å². The molecular formula is C10H13N3O. The maximum atomic E-state index is 11.0. The van der Waals surface area contributed by atoms with Crippen LogP contribution in [0, 0.1) is 6.92 Å². The number of nitrogens with two attached hydrogens (primary N) is 1. The molecule has 14 heavy (non-hydrogen) atoms. The van der Waals surface area contributed by atoms with Crippen LogP contribution in [0.2, 0.25) is 0 Å². The van der Waals surface area contributed by atoms with Crippen LogP contribution in [-0.2, 0) is 4.79 Å². The summed E-state index contributed by atoms with van der Waals surface area (Å²) in [4.78, 5) is 15.1. The van der Waals surface area contributed by atoms with Crippen LogP contribution < -0.4 is 11.1 Å². The zero-order valence-electron chi connectivity index (χ0n) is 8.08. The minimum Gasteiger partial charge on any atom is -0.384 e. The van der Waals surface area contributed by atoms with Gasteiger partial charge in [0.2, 0.25) is 5.91 Å². The quantitative estimate of drug-likeness (QED) is 0.682. The van der Waals surface area contributed by atoms with Crippen molar-refractivity contribution in [3.8, 4) is 0 Å². The lowest BCUT2D eigenvalue weighted by Crippen LogP contribution is -2.13. The molecule has 1 amide bonds. The molecule has 74 valence electrons. The van der Waals surface area contributed by atoms with Gasteiger partial charge < -0.3 is 11.1 Å². The molecule has 0 saturated carbocycles. The molecule has 1 atom stereocenters. The van der Waals surface area contributed by atoms with E-state index in [1.807, 2.05) is 13.0 Å². The van der Waals surface area contributed by atoms with Crippen molar-refractivity contribution in [2.24, 2.45) is 0 Å². The third-order valence-corrected chi connectivity index (χ3v) is 2.59. The summed E-state index contributed by atoms with van der Waals surface area (Å²) >= 11 is 0. The van der Waals surface area contributed by atoms with Gasteiger partial charge in [-0.05, 0) is 24.1 Å². The first-order valence-corrected chi connectivity index (χ1v) is 4.65. The van der Waals surface area contributed by atoms with Crippen LogP contribution in [0.3, 0.4) is 0 Å². The van der Waals surface area contributed by atoms with E-state index in [2.05, 4.69) is 10.3 Å². The molecule has 2 heterocycles. The molecule has 3 N–H and O–H groups in total. The highest BCUT2D eigenvalue weighted by atomic mass is 16.1. The van der Waals surface area contributed by atoms with Crippen molar-refractivity contribution < 1.29 is 4.79 Å². The number of pyridine rings is 1. The first-order chi connectivity index (χ1) is 6.66. The number of nitrogens with one attached hydrogen (secondary N) is 1.